The highest BCUT2D eigenvalue weighted by molar-refractivity contribution is 5.80. The van der Waals surface area contributed by atoms with E-state index in [0.29, 0.717) is 51.4 Å². The maximum absolute atomic E-state index is 13.9. The van der Waals surface area contributed by atoms with Crippen LogP contribution in [0, 0.1) is 6.92 Å². The largest absolute Gasteiger partial charge is 0.497 e. The lowest BCUT2D eigenvalue weighted by Crippen LogP contribution is -2.64. The van der Waals surface area contributed by atoms with E-state index in [1.165, 1.54) is 6.08 Å². The van der Waals surface area contributed by atoms with Crippen LogP contribution in [0.5, 0.6) is 17.2 Å². The zero-order valence-electron chi connectivity index (χ0n) is 23.7. The third-order valence-corrected chi connectivity index (χ3v) is 8.07. The minimum absolute atomic E-state index is 0.221. The second-order valence-corrected chi connectivity index (χ2v) is 10.3. The van der Waals surface area contributed by atoms with Gasteiger partial charge in [0.2, 0.25) is 0 Å². The molecule has 1 unspecified atom stereocenters. The molecule has 2 amide bonds. The lowest BCUT2D eigenvalue weighted by Gasteiger charge is -2.50. The van der Waals surface area contributed by atoms with Crippen molar-refractivity contribution in [1.82, 2.24) is 14.7 Å². The molecule has 1 spiro atoms. The third-order valence-electron chi connectivity index (χ3n) is 8.07. The number of methoxy groups -OCH3 is 4. The summed E-state index contributed by atoms with van der Waals surface area (Å²) in [7, 11) is 6.53. The second-order valence-electron chi connectivity index (χ2n) is 10.3. The summed E-state index contributed by atoms with van der Waals surface area (Å²) < 4.78 is 21.7. The van der Waals surface area contributed by atoms with E-state index in [1.54, 1.807) is 38.2 Å². The Morgan fingerprint density at radius 3 is 1.97 bits per heavy atom. The van der Waals surface area contributed by atoms with Crippen molar-refractivity contribution in [2.45, 2.75) is 44.1 Å². The van der Waals surface area contributed by atoms with Crippen LogP contribution in [-0.2, 0) is 17.8 Å². The van der Waals surface area contributed by atoms with E-state index < -0.39 is 11.3 Å². The fraction of sp³-hybridized carbons (Fsp3) is 0.500. The number of likely N-dealkylation sites (tertiary alicyclic amines) is 1. The molecule has 9 nitrogen and oxygen atoms in total. The van der Waals surface area contributed by atoms with Gasteiger partial charge in [-0.1, -0.05) is 12.6 Å². The number of carbonyl (C=O) groups excluding carboxylic acids is 1. The maximum Gasteiger partial charge on any atom is 0.323 e. The Kier molecular flexibility index (Phi) is 8.73. The number of amides is 2. The highest BCUT2D eigenvalue weighted by atomic mass is 16.5. The molecule has 39 heavy (non-hydrogen) atoms. The van der Waals surface area contributed by atoms with Gasteiger partial charge >= 0.3 is 6.03 Å². The van der Waals surface area contributed by atoms with Gasteiger partial charge < -0.3 is 29.0 Å². The standard InChI is InChI=1S/C30H41N3O6/c1-7-30(35)29(8-10-31(11-9-29)20-24-17-26(38-5)19-27(18-24)39-6)32(12-13-36-3)28(34)33(30)21-23-14-22(2)15-25(16-23)37-4/h7,14-19,35H,1,8-13,20-21H2,2-6H3. The van der Waals surface area contributed by atoms with E-state index >= 15 is 0 Å². The van der Waals surface area contributed by atoms with Crippen LogP contribution in [0.2, 0.25) is 0 Å². The van der Waals surface area contributed by atoms with Crippen LogP contribution in [0.1, 0.15) is 29.5 Å². The Labute approximate surface area is 231 Å². The summed E-state index contributed by atoms with van der Waals surface area (Å²) in [6, 6.07) is 11.5. The lowest BCUT2D eigenvalue weighted by atomic mass is 9.77. The molecule has 212 valence electrons. The van der Waals surface area contributed by atoms with Crippen molar-refractivity contribution in [3.05, 3.63) is 65.7 Å². The number of nitrogens with zero attached hydrogens (tertiary/aromatic N) is 3. The molecule has 2 aromatic carbocycles. The first-order valence-electron chi connectivity index (χ1n) is 13.3. The number of urea groups is 1. The summed E-state index contributed by atoms with van der Waals surface area (Å²) in [4.78, 5) is 19.6. The van der Waals surface area contributed by atoms with Gasteiger partial charge in [-0.3, -0.25) is 9.80 Å². The fourth-order valence-corrected chi connectivity index (χ4v) is 6.06. The molecular weight excluding hydrogens is 498 g/mol. The number of aliphatic hydroxyl groups is 1. The van der Waals surface area contributed by atoms with E-state index in [4.69, 9.17) is 18.9 Å². The number of piperidine rings is 1. The summed E-state index contributed by atoms with van der Waals surface area (Å²) in [5.74, 6) is 2.20. The molecule has 0 radical (unpaired) electrons. The van der Waals surface area contributed by atoms with E-state index in [2.05, 4.69) is 11.5 Å². The van der Waals surface area contributed by atoms with E-state index in [-0.39, 0.29) is 12.6 Å². The minimum Gasteiger partial charge on any atom is -0.497 e. The van der Waals surface area contributed by atoms with Gasteiger partial charge in [-0.05, 0) is 66.8 Å². The summed E-state index contributed by atoms with van der Waals surface area (Å²) >= 11 is 0. The van der Waals surface area contributed by atoms with Gasteiger partial charge in [0.05, 0.1) is 40.0 Å². The van der Waals surface area contributed by atoms with E-state index in [9.17, 15) is 9.90 Å². The number of benzene rings is 2. The van der Waals surface area contributed by atoms with Crippen LogP contribution in [-0.4, -0.2) is 91.8 Å². The van der Waals surface area contributed by atoms with Crippen molar-refractivity contribution in [3.8, 4) is 17.2 Å². The topological polar surface area (TPSA) is 83.9 Å². The average molecular weight is 540 g/mol. The first-order valence-corrected chi connectivity index (χ1v) is 13.3. The third kappa shape index (κ3) is 5.44. The maximum atomic E-state index is 13.9. The molecule has 2 aliphatic heterocycles. The number of aryl methyl sites for hydroxylation is 1. The molecule has 4 rings (SSSR count). The lowest BCUT2D eigenvalue weighted by molar-refractivity contribution is -0.119. The Balaban J connectivity index is 1.61. The zero-order chi connectivity index (χ0) is 28.2. The number of ether oxygens (including phenoxy) is 4. The van der Waals surface area contributed by atoms with Gasteiger partial charge in [0.15, 0.2) is 5.72 Å². The van der Waals surface area contributed by atoms with Gasteiger partial charge in [0.1, 0.15) is 17.2 Å². The molecule has 2 fully saturated rings. The van der Waals surface area contributed by atoms with Crippen LogP contribution in [0.4, 0.5) is 4.79 Å². The number of hydrogen-bond donors (Lipinski definition) is 1. The Bertz CT molecular complexity index is 1160. The average Bonchev–Trinajstić information content (AvgIpc) is 3.10. The first-order chi connectivity index (χ1) is 18.7. The molecule has 2 aromatic rings. The highest BCUT2D eigenvalue weighted by Gasteiger charge is 2.65. The highest BCUT2D eigenvalue weighted by Crippen LogP contribution is 2.48. The molecule has 1 atom stereocenters. The van der Waals surface area contributed by atoms with Crippen molar-refractivity contribution < 1.29 is 28.8 Å². The number of carbonyl (C=O) groups is 1. The first kappa shape index (κ1) is 28.7. The molecule has 1 N–H and O–H groups in total. The minimum atomic E-state index is -1.56. The normalized spacial score (nSPS) is 20.9. The van der Waals surface area contributed by atoms with Crippen molar-refractivity contribution in [2.75, 3.05) is 54.7 Å². The molecule has 0 bridgehead atoms. The monoisotopic (exact) mass is 539 g/mol. The Morgan fingerprint density at radius 2 is 1.44 bits per heavy atom. The molecule has 2 aliphatic rings. The van der Waals surface area contributed by atoms with Gasteiger partial charge in [-0.25, -0.2) is 4.79 Å². The Morgan fingerprint density at radius 1 is 0.872 bits per heavy atom. The summed E-state index contributed by atoms with van der Waals surface area (Å²) in [5.41, 5.74) is 0.594. The van der Waals surface area contributed by atoms with Crippen molar-refractivity contribution in [2.24, 2.45) is 0 Å². The van der Waals surface area contributed by atoms with Crippen molar-refractivity contribution in [1.29, 1.82) is 0 Å². The van der Waals surface area contributed by atoms with E-state index in [1.807, 2.05) is 43.3 Å². The van der Waals surface area contributed by atoms with Crippen LogP contribution in [0.15, 0.2) is 49.1 Å². The van der Waals surface area contributed by atoms with Crippen molar-refractivity contribution >= 4 is 6.03 Å². The molecule has 0 saturated carbocycles. The molecule has 2 saturated heterocycles. The van der Waals surface area contributed by atoms with Crippen LogP contribution in [0.25, 0.3) is 0 Å². The summed E-state index contributed by atoms with van der Waals surface area (Å²) in [6.07, 6.45) is 2.70. The molecule has 2 heterocycles. The molecular formula is C30H41N3O6. The SMILES string of the molecule is C=CC1(O)N(Cc2cc(C)cc(OC)c2)C(=O)N(CCOC)C12CCN(Cc1cc(OC)cc(OC)c1)CC2. The molecule has 0 aliphatic carbocycles. The zero-order valence-corrected chi connectivity index (χ0v) is 23.7. The van der Waals surface area contributed by atoms with Crippen LogP contribution < -0.4 is 14.2 Å². The van der Waals surface area contributed by atoms with Gasteiger partial charge in [-0.2, -0.15) is 0 Å². The predicted octanol–water partition coefficient (Wildman–Crippen LogP) is 3.81. The summed E-state index contributed by atoms with van der Waals surface area (Å²) in [6.45, 7) is 9.08. The van der Waals surface area contributed by atoms with Gasteiger partial charge in [0, 0.05) is 39.4 Å². The smallest absolute Gasteiger partial charge is 0.323 e. The second kappa shape index (κ2) is 11.9. The van der Waals surface area contributed by atoms with Gasteiger partial charge in [0.25, 0.3) is 0 Å². The fourth-order valence-electron chi connectivity index (χ4n) is 6.06. The quantitative estimate of drug-likeness (QED) is 0.435. The van der Waals surface area contributed by atoms with Crippen LogP contribution >= 0.6 is 0 Å². The van der Waals surface area contributed by atoms with Crippen molar-refractivity contribution in [3.63, 3.8) is 0 Å². The van der Waals surface area contributed by atoms with Gasteiger partial charge in [-0.15, -0.1) is 0 Å². The number of rotatable bonds is 11. The predicted molar refractivity (Wildman–Crippen MR) is 149 cm³/mol. The van der Waals surface area contributed by atoms with E-state index in [0.717, 1.165) is 28.2 Å². The molecule has 0 aromatic heterocycles. The summed E-state index contributed by atoms with van der Waals surface area (Å²) in [5, 5.41) is 12.3. The number of hydrogen-bond acceptors (Lipinski definition) is 7. The Hall–Kier alpha value is -3.27. The van der Waals surface area contributed by atoms with Crippen LogP contribution in [0.3, 0.4) is 0 Å². The molecule has 9 heteroatoms.